The number of ether oxygens (including phenoxy) is 3. The standard InChI is InChI=1S/C25H30N4O3/c1-18(2)32-24-8-7-19(11-20(24)16-30-3)14-29-9-10-31-25(15-29)23-6-4-5-22(28-23)21-12-26-17-27-13-21/h4-8,11-13,17-18,25H,9-10,14-16H2,1-3H3/t25-/m1/s1. The third-order valence-electron chi connectivity index (χ3n) is 5.30. The summed E-state index contributed by atoms with van der Waals surface area (Å²) in [4.78, 5) is 15.4. The molecule has 168 valence electrons. The minimum Gasteiger partial charge on any atom is -0.491 e. The summed E-state index contributed by atoms with van der Waals surface area (Å²) in [6.07, 6.45) is 5.13. The molecule has 1 saturated heterocycles. The van der Waals surface area contributed by atoms with Crippen molar-refractivity contribution in [3.63, 3.8) is 0 Å². The van der Waals surface area contributed by atoms with Crippen LogP contribution < -0.4 is 4.74 Å². The molecule has 1 aromatic carbocycles. The van der Waals surface area contributed by atoms with Crippen molar-refractivity contribution >= 4 is 0 Å². The molecule has 0 amide bonds. The number of nitrogens with zero attached hydrogens (tertiary/aromatic N) is 4. The third-order valence-corrected chi connectivity index (χ3v) is 5.30. The number of methoxy groups -OCH3 is 1. The van der Waals surface area contributed by atoms with Gasteiger partial charge in [0.2, 0.25) is 0 Å². The van der Waals surface area contributed by atoms with Crippen LogP contribution in [0.4, 0.5) is 0 Å². The van der Waals surface area contributed by atoms with Crippen LogP contribution in [-0.4, -0.2) is 52.8 Å². The van der Waals surface area contributed by atoms with Crippen molar-refractivity contribution in [2.75, 3.05) is 26.8 Å². The second-order valence-corrected chi connectivity index (χ2v) is 8.21. The minimum absolute atomic E-state index is 0.0738. The molecule has 7 nitrogen and oxygen atoms in total. The highest BCUT2D eigenvalue weighted by Gasteiger charge is 2.24. The number of hydrogen-bond donors (Lipinski definition) is 0. The molecule has 2 aromatic heterocycles. The maximum atomic E-state index is 6.07. The topological polar surface area (TPSA) is 69.6 Å². The normalized spacial score (nSPS) is 16.9. The van der Waals surface area contributed by atoms with Crippen LogP contribution in [0.3, 0.4) is 0 Å². The van der Waals surface area contributed by atoms with Crippen LogP contribution in [0.2, 0.25) is 0 Å². The lowest BCUT2D eigenvalue weighted by molar-refractivity contribution is -0.0349. The van der Waals surface area contributed by atoms with Gasteiger partial charge in [0.1, 0.15) is 18.2 Å². The lowest BCUT2D eigenvalue weighted by Gasteiger charge is -2.33. The molecule has 1 aliphatic heterocycles. The lowest BCUT2D eigenvalue weighted by Crippen LogP contribution is -2.38. The average Bonchev–Trinajstić information content (AvgIpc) is 2.81. The minimum atomic E-state index is -0.0738. The largest absolute Gasteiger partial charge is 0.491 e. The zero-order chi connectivity index (χ0) is 22.3. The number of pyridine rings is 1. The van der Waals surface area contributed by atoms with Crippen LogP contribution >= 0.6 is 0 Å². The molecule has 0 spiro atoms. The number of hydrogen-bond acceptors (Lipinski definition) is 7. The van der Waals surface area contributed by atoms with Gasteiger partial charge in [-0.25, -0.2) is 15.0 Å². The van der Waals surface area contributed by atoms with E-state index in [4.69, 9.17) is 19.2 Å². The number of rotatable bonds is 8. The predicted octanol–water partition coefficient (Wildman–Crippen LogP) is 4.05. The second kappa shape index (κ2) is 10.6. The lowest BCUT2D eigenvalue weighted by atomic mass is 10.1. The Labute approximate surface area is 189 Å². The summed E-state index contributed by atoms with van der Waals surface area (Å²) in [7, 11) is 1.71. The Bertz CT molecular complexity index is 1010. The van der Waals surface area contributed by atoms with Gasteiger partial charge in [-0.2, -0.15) is 0 Å². The van der Waals surface area contributed by atoms with Gasteiger partial charge in [-0.1, -0.05) is 12.1 Å². The van der Waals surface area contributed by atoms with E-state index in [0.717, 1.165) is 47.9 Å². The smallest absolute Gasteiger partial charge is 0.125 e. The molecule has 3 aromatic rings. The van der Waals surface area contributed by atoms with E-state index in [1.54, 1.807) is 19.5 Å². The van der Waals surface area contributed by atoms with Gasteiger partial charge in [-0.05, 0) is 43.7 Å². The molecule has 1 fully saturated rings. The van der Waals surface area contributed by atoms with Crippen molar-refractivity contribution in [1.29, 1.82) is 0 Å². The van der Waals surface area contributed by atoms with Gasteiger partial charge in [-0.15, -0.1) is 0 Å². The Morgan fingerprint density at radius 2 is 2.00 bits per heavy atom. The Morgan fingerprint density at radius 3 is 2.78 bits per heavy atom. The molecule has 32 heavy (non-hydrogen) atoms. The van der Waals surface area contributed by atoms with Crippen LogP contribution in [0, 0.1) is 0 Å². The monoisotopic (exact) mass is 434 g/mol. The highest BCUT2D eigenvalue weighted by molar-refractivity contribution is 5.56. The highest BCUT2D eigenvalue weighted by atomic mass is 16.5. The van der Waals surface area contributed by atoms with Crippen molar-refractivity contribution in [1.82, 2.24) is 19.9 Å². The van der Waals surface area contributed by atoms with Gasteiger partial charge in [-0.3, -0.25) is 4.90 Å². The molecule has 0 bridgehead atoms. The third kappa shape index (κ3) is 5.68. The number of morpholine rings is 1. The molecule has 0 saturated carbocycles. The van der Waals surface area contributed by atoms with Crippen molar-refractivity contribution in [2.45, 2.75) is 39.2 Å². The zero-order valence-corrected chi connectivity index (χ0v) is 18.9. The van der Waals surface area contributed by atoms with E-state index in [1.165, 1.54) is 11.9 Å². The fourth-order valence-electron chi connectivity index (χ4n) is 3.87. The van der Waals surface area contributed by atoms with Crippen LogP contribution in [0.1, 0.15) is 36.8 Å². The van der Waals surface area contributed by atoms with E-state index >= 15 is 0 Å². The summed E-state index contributed by atoms with van der Waals surface area (Å²) in [5, 5.41) is 0. The van der Waals surface area contributed by atoms with Crippen molar-refractivity contribution < 1.29 is 14.2 Å². The predicted molar refractivity (Wildman–Crippen MR) is 122 cm³/mol. The quantitative estimate of drug-likeness (QED) is 0.530. The molecule has 0 unspecified atom stereocenters. The maximum absolute atomic E-state index is 6.07. The number of aromatic nitrogens is 3. The van der Waals surface area contributed by atoms with Gasteiger partial charge in [0.15, 0.2) is 0 Å². The summed E-state index contributed by atoms with van der Waals surface area (Å²) >= 11 is 0. The van der Waals surface area contributed by atoms with E-state index in [9.17, 15) is 0 Å². The first-order valence-electron chi connectivity index (χ1n) is 11.0. The van der Waals surface area contributed by atoms with Gasteiger partial charge < -0.3 is 14.2 Å². The van der Waals surface area contributed by atoms with Crippen molar-refractivity contribution in [3.05, 3.63) is 71.9 Å². The molecular formula is C25H30N4O3. The first kappa shape index (κ1) is 22.3. The number of benzene rings is 1. The summed E-state index contributed by atoms with van der Waals surface area (Å²) in [6.45, 7) is 7.77. The molecular weight excluding hydrogens is 404 g/mol. The second-order valence-electron chi connectivity index (χ2n) is 8.21. The van der Waals surface area contributed by atoms with Gasteiger partial charge in [0, 0.05) is 50.3 Å². The summed E-state index contributed by atoms with van der Waals surface area (Å²) < 4.78 is 17.4. The van der Waals surface area contributed by atoms with Crippen molar-refractivity contribution in [2.24, 2.45) is 0 Å². The van der Waals surface area contributed by atoms with Gasteiger partial charge in [0.05, 0.1) is 30.7 Å². The van der Waals surface area contributed by atoms with Crippen LogP contribution in [0.25, 0.3) is 11.3 Å². The fourth-order valence-corrected chi connectivity index (χ4v) is 3.87. The maximum Gasteiger partial charge on any atom is 0.125 e. The summed E-state index contributed by atoms with van der Waals surface area (Å²) in [6, 6.07) is 12.4. The highest BCUT2D eigenvalue weighted by Crippen LogP contribution is 2.27. The van der Waals surface area contributed by atoms with Crippen molar-refractivity contribution in [3.8, 4) is 17.0 Å². The van der Waals surface area contributed by atoms with E-state index < -0.39 is 0 Å². The first-order chi connectivity index (χ1) is 15.6. The zero-order valence-electron chi connectivity index (χ0n) is 18.9. The SMILES string of the molecule is COCc1cc(CN2CCO[C@@H](c3cccc(-c4cncnc4)n3)C2)ccc1OC(C)C. The van der Waals surface area contributed by atoms with E-state index in [2.05, 4.69) is 33.1 Å². The molecule has 1 atom stereocenters. The summed E-state index contributed by atoms with van der Waals surface area (Å²) in [5.41, 5.74) is 4.99. The van der Waals surface area contributed by atoms with E-state index in [0.29, 0.717) is 13.2 Å². The molecule has 0 aliphatic carbocycles. The van der Waals surface area contributed by atoms with Gasteiger partial charge >= 0.3 is 0 Å². The molecule has 7 heteroatoms. The molecule has 0 radical (unpaired) electrons. The Balaban J connectivity index is 1.46. The fraction of sp³-hybridized carbons (Fsp3) is 0.400. The molecule has 0 N–H and O–H groups in total. The van der Waals surface area contributed by atoms with E-state index in [-0.39, 0.29) is 12.2 Å². The van der Waals surface area contributed by atoms with E-state index in [1.807, 2.05) is 32.0 Å². The van der Waals surface area contributed by atoms with Crippen LogP contribution in [0.5, 0.6) is 5.75 Å². The molecule has 4 rings (SSSR count). The van der Waals surface area contributed by atoms with Gasteiger partial charge in [0.25, 0.3) is 0 Å². The Morgan fingerprint density at radius 1 is 1.16 bits per heavy atom. The average molecular weight is 435 g/mol. The molecule has 3 heterocycles. The Hall–Kier alpha value is -2.87. The first-order valence-corrected chi connectivity index (χ1v) is 11.0. The Kier molecular flexibility index (Phi) is 7.42. The van der Waals surface area contributed by atoms with Crippen LogP contribution in [0.15, 0.2) is 55.1 Å². The summed E-state index contributed by atoms with van der Waals surface area (Å²) in [5.74, 6) is 0.886. The molecule has 1 aliphatic rings. The van der Waals surface area contributed by atoms with Crippen LogP contribution in [-0.2, 0) is 22.6 Å².